The monoisotopic (exact) mass is 254 g/mol. The van der Waals surface area contributed by atoms with Crippen molar-refractivity contribution < 1.29 is 4.79 Å². The standard InChI is InChI=1S/C16H18N2O/c1-12-3-2-4-15(9-12)14-7-5-13(6-8-14)10-18-11-16(17)19/h2-9,18H,10-11H2,1H3,(H2,17,19). The number of rotatable bonds is 5. The maximum Gasteiger partial charge on any atom is 0.231 e. The highest BCUT2D eigenvalue weighted by Gasteiger charge is 1.99. The molecule has 2 rings (SSSR count). The number of nitrogens with two attached hydrogens (primary N) is 1. The Labute approximate surface area is 113 Å². The van der Waals surface area contributed by atoms with Gasteiger partial charge in [-0.25, -0.2) is 0 Å². The van der Waals surface area contributed by atoms with E-state index < -0.39 is 0 Å². The van der Waals surface area contributed by atoms with Crippen molar-refractivity contribution in [3.8, 4) is 11.1 Å². The lowest BCUT2D eigenvalue weighted by Gasteiger charge is -2.06. The van der Waals surface area contributed by atoms with Gasteiger partial charge in [0, 0.05) is 6.54 Å². The highest BCUT2D eigenvalue weighted by molar-refractivity contribution is 5.75. The van der Waals surface area contributed by atoms with Crippen LogP contribution in [0, 0.1) is 6.92 Å². The lowest BCUT2D eigenvalue weighted by atomic mass is 10.0. The maximum atomic E-state index is 10.6. The average Bonchev–Trinajstić information content (AvgIpc) is 2.39. The summed E-state index contributed by atoms with van der Waals surface area (Å²) in [6.45, 7) is 2.95. The number of carbonyl (C=O) groups excluding carboxylic acids is 1. The molecule has 3 N–H and O–H groups in total. The highest BCUT2D eigenvalue weighted by Crippen LogP contribution is 2.20. The number of amides is 1. The number of carbonyl (C=O) groups is 1. The van der Waals surface area contributed by atoms with Gasteiger partial charge in [0.25, 0.3) is 0 Å². The molecule has 0 saturated carbocycles. The lowest BCUT2D eigenvalue weighted by Crippen LogP contribution is -2.28. The predicted molar refractivity (Wildman–Crippen MR) is 77.5 cm³/mol. The van der Waals surface area contributed by atoms with Gasteiger partial charge in [-0.05, 0) is 23.6 Å². The van der Waals surface area contributed by atoms with Crippen LogP contribution in [0.25, 0.3) is 11.1 Å². The molecule has 0 radical (unpaired) electrons. The van der Waals surface area contributed by atoms with E-state index in [9.17, 15) is 4.79 Å². The molecule has 19 heavy (non-hydrogen) atoms. The van der Waals surface area contributed by atoms with E-state index in [-0.39, 0.29) is 12.5 Å². The molecule has 0 aliphatic rings. The first-order valence-corrected chi connectivity index (χ1v) is 6.30. The van der Waals surface area contributed by atoms with Crippen molar-refractivity contribution in [1.82, 2.24) is 5.32 Å². The predicted octanol–water partition coefficient (Wildman–Crippen LogP) is 2.24. The van der Waals surface area contributed by atoms with Crippen molar-refractivity contribution in [2.45, 2.75) is 13.5 Å². The Balaban J connectivity index is 2.04. The Morgan fingerprint density at radius 3 is 2.47 bits per heavy atom. The molecule has 98 valence electrons. The molecule has 0 saturated heterocycles. The van der Waals surface area contributed by atoms with Crippen LogP contribution in [0.3, 0.4) is 0 Å². The van der Waals surface area contributed by atoms with Gasteiger partial charge in [0.1, 0.15) is 0 Å². The zero-order valence-corrected chi connectivity index (χ0v) is 11.0. The fourth-order valence-electron chi connectivity index (χ4n) is 1.97. The molecule has 2 aromatic carbocycles. The number of benzene rings is 2. The Hall–Kier alpha value is -2.13. The van der Waals surface area contributed by atoms with Crippen LogP contribution in [0.4, 0.5) is 0 Å². The van der Waals surface area contributed by atoms with Crippen LogP contribution in [-0.4, -0.2) is 12.5 Å². The van der Waals surface area contributed by atoms with E-state index >= 15 is 0 Å². The first kappa shape index (κ1) is 13.3. The zero-order chi connectivity index (χ0) is 13.7. The van der Waals surface area contributed by atoms with Gasteiger partial charge in [-0.1, -0.05) is 54.1 Å². The molecular weight excluding hydrogens is 236 g/mol. The third kappa shape index (κ3) is 3.93. The third-order valence-corrected chi connectivity index (χ3v) is 2.93. The van der Waals surface area contributed by atoms with Crippen molar-refractivity contribution in [3.63, 3.8) is 0 Å². The number of hydrogen-bond acceptors (Lipinski definition) is 2. The normalized spacial score (nSPS) is 10.4. The molecule has 3 heteroatoms. The van der Waals surface area contributed by atoms with E-state index in [0.717, 1.165) is 5.56 Å². The molecule has 1 amide bonds. The highest BCUT2D eigenvalue weighted by atomic mass is 16.1. The van der Waals surface area contributed by atoms with Gasteiger partial charge in [0.05, 0.1) is 6.54 Å². The van der Waals surface area contributed by atoms with Gasteiger partial charge in [0.2, 0.25) is 5.91 Å². The minimum Gasteiger partial charge on any atom is -0.369 e. The molecule has 0 spiro atoms. The van der Waals surface area contributed by atoms with Gasteiger partial charge in [-0.15, -0.1) is 0 Å². The van der Waals surface area contributed by atoms with E-state index in [1.807, 2.05) is 0 Å². The van der Waals surface area contributed by atoms with E-state index in [1.54, 1.807) is 0 Å². The second kappa shape index (κ2) is 6.16. The van der Waals surface area contributed by atoms with E-state index in [1.165, 1.54) is 16.7 Å². The van der Waals surface area contributed by atoms with Gasteiger partial charge in [0.15, 0.2) is 0 Å². The van der Waals surface area contributed by atoms with Crippen LogP contribution < -0.4 is 11.1 Å². The van der Waals surface area contributed by atoms with Crippen molar-refractivity contribution >= 4 is 5.91 Å². The maximum absolute atomic E-state index is 10.6. The molecule has 0 heterocycles. The van der Waals surface area contributed by atoms with E-state index in [2.05, 4.69) is 60.8 Å². The third-order valence-electron chi connectivity index (χ3n) is 2.93. The molecule has 2 aromatic rings. The molecule has 0 fully saturated rings. The van der Waals surface area contributed by atoms with Crippen molar-refractivity contribution in [2.24, 2.45) is 5.73 Å². The quantitative estimate of drug-likeness (QED) is 0.859. The largest absolute Gasteiger partial charge is 0.369 e. The van der Waals surface area contributed by atoms with E-state index in [0.29, 0.717) is 6.54 Å². The number of nitrogens with one attached hydrogen (secondary N) is 1. The van der Waals surface area contributed by atoms with E-state index in [4.69, 9.17) is 5.73 Å². The molecular formula is C16H18N2O. The minimum atomic E-state index is -0.337. The van der Waals surface area contributed by atoms with Gasteiger partial charge < -0.3 is 11.1 Å². The van der Waals surface area contributed by atoms with Crippen LogP contribution in [0.1, 0.15) is 11.1 Å². The van der Waals surface area contributed by atoms with Crippen LogP contribution >= 0.6 is 0 Å². The smallest absolute Gasteiger partial charge is 0.231 e. The van der Waals surface area contributed by atoms with Crippen molar-refractivity contribution in [2.75, 3.05) is 6.54 Å². The molecule has 0 aliphatic carbocycles. The van der Waals surface area contributed by atoms with Crippen LogP contribution in [0.2, 0.25) is 0 Å². The lowest BCUT2D eigenvalue weighted by molar-refractivity contribution is -0.117. The topological polar surface area (TPSA) is 55.1 Å². The summed E-state index contributed by atoms with van der Waals surface area (Å²) in [6, 6.07) is 16.7. The van der Waals surface area contributed by atoms with Crippen LogP contribution in [0.15, 0.2) is 48.5 Å². The van der Waals surface area contributed by atoms with Gasteiger partial charge >= 0.3 is 0 Å². The summed E-state index contributed by atoms with van der Waals surface area (Å²) in [5, 5.41) is 2.99. The fourth-order valence-corrected chi connectivity index (χ4v) is 1.97. The summed E-state index contributed by atoms with van der Waals surface area (Å²) in [4.78, 5) is 10.6. The Morgan fingerprint density at radius 1 is 1.11 bits per heavy atom. The summed E-state index contributed by atoms with van der Waals surface area (Å²) < 4.78 is 0. The number of hydrogen-bond donors (Lipinski definition) is 2. The minimum absolute atomic E-state index is 0.208. The van der Waals surface area contributed by atoms with Crippen molar-refractivity contribution in [3.05, 3.63) is 59.7 Å². The molecule has 3 nitrogen and oxygen atoms in total. The average molecular weight is 254 g/mol. The SMILES string of the molecule is Cc1cccc(-c2ccc(CNCC(N)=O)cc2)c1. The molecule has 0 unspecified atom stereocenters. The Morgan fingerprint density at radius 2 is 1.84 bits per heavy atom. The fraction of sp³-hybridized carbons (Fsp3) is 0.188. The van der Waals surface area contributed by atoms with Gasteiger partial charge in [-0.2, -0.15) is 0 Å². The van der Waals surface area contributed by atoms with Crippen LogP contribution in [-0.2, 0) is 11.3 Å². The Bertz CT molecular complexity index is 561. The van der Waals surface area contributed by atoms with Gasteiger partial charge in [-0.3, -0.25) is 4.79 Å². The van der Waals surface area contributed by atoms with Crippen LogP contribution in [0.5, 0.6) is 0 Å². The summed E-state index contributed by atoms with van der Waals surface area (Å²) in [7, 11) is 0. The summed E-state index contributed by atoms with van der Waals surface area (Å²) in [5.74, 6) is -0.337. The summed E-state index contributed by atoms with van der Waals surface area (Å²) in [6.07, 6.45) is 0. The second-order valence-corrected chi connectivity index (χ2v) is 4.64. The van der Waals surface area contributed by atoms with Crippen molar-refractivity contribution in [1.29, 1.82) is 0 Å². The first-order chi connectivity index (χ1) is 9.15. The summed E-state index contributed by atoms with van der Waals surface area (Å²) >= 11 is 0. The summed E-state index contributed by atoms with van der Waals surface area (Å²) in [5.41, 5.74) is 9.88. The second-order valence-electron chi connectivity index (χ2n) is 4.64. The molecule has 0 aromatic heterocycles. The first-order valence-electron chi connectivity index (χ1n) is 6.30. The molecule has 0 atom stereocenters. The molecule has 0 aliphatic heterocycles. The zero-order valence-electron chi connectivity index (χ0n) is 11.0. The molecule has 0 bridgehead atoms. The Kier molecular flexibility index (Phi) is 4.31. The number of aryl methyl sites for hydroxylation is 1. The number of primary amides is 1.